The molecule has 0 saturated carbocycles. The Morgan fingerprint density at radius 2 is 1.82 bits per heavy atom. The number of nitrogens with zero attached hydrogens (tertiary/aromatic N) is 1. The normalized spacial score (nSPS) is 23.6. The van der Waals surface area contributed by atoms with Gasteiger partial charge in [0.15, 0.2) is 0 Å². The molecule has 0 spiro atoms. The smallest absolute Gasteiger partial charge is 0.0303 e. The molecule has 1 saturated heterocycles. The van der Waals surface area contributed by atoms with Gasteiger partial charge in [0.2, 0.25) is 0 Å². The molecule has 1 fully saturated rings. The molecule has 17 heavy (non-hydrogen) atoms. The van der Waals surface area contributed by atoms with Crippen LogP contribution in [0.25, 0.3) is 0 Å². The fourth-order valence-electron chi connectivity index (χ4n) is 2.72. The summed E-state index contributed by atoms with van der Waals surface area (Å²) in [5.41, 5.74) is 0.368. The van der Waals surface area contributed by atoms with Crippen LogP contribution in [0.15, 0.2) is 0 Å². The number of hydrogen-bond acceptors (Lipinski definition) is 2. The van der Waals surface area contributed by atoms with Gasteiger partial charge >= 0.3 is 0 Å². The van der Waals surface area contributed by atoms with E-state index in [0.717, 1.165) is 11.8 Å². The van der Waals surface area contributed by atoms with Gasteiger partial charge in [0.05, 0.1) is 0 Å². The van der Waals surface area contributed by atoms with Gasteiger partial charge in [0, 0.05) is 18.6 Å². The maximum absolute atomic E-state index is 3.79. The van der Waals surface area contributed by atoms with Crippen molar-refractivity contribution in [3.63, 3.8) is 0 Å². The molecule has 0 aromatic carbocycles. The first kappa shape index (κ1) is 15.0. The molecule has 0 aliphatic carbocycles. The first-order valence-electron chi connectivity index (χ1n) is 7.50. The first-order valence-corrected chi connectivity index (χ1v) is 7.50. The predicted octanol–water partition coefficient (Wildman–Crippen LogP) is 3.13. The van der Waals surface area contributed by atoms with Crippen molar-refractivity contribution in [3.05, 3.63) is 0 Å². The SMILES string of the molecule is CCC1(CC)CN(CC(C)C(C)C)CCCN1. The molecule has 0 amide bonds. The molecule has 0 aromatic rings. The molecule has 0 aromatic heterocycles. The summed E-state index contributed by atoms with van der Waals surface area (Å²) in [5.74, 6) is 1.60. The lowest BCUT2D eigenvalue weighted by Gasteiger charge is -2.36. The summed E-state index contributed by atoms with van der Waals surface area (Å²) < 4.78 is 0. The van der Waals surface area contributed by atoms with Crippen LogP contribution in [0, 0.1) is 11.8 Å². The molecule has 0 bridgehead atoms. The van der Waals surface area contributed by atoms with Crippen molar-refractivity contribution >= 4 is 0 Å². The minimum absolute atomic E-state index is 0.368. The highest BCUT2D eigenvalue weighted by Crippen LogP contribution is 2.21. The van der Waals surface area contributed by atoms with Crippen molar-refractivity contribution in [2.75, 3.05) is 26.2 Å². The van der Waals surface area contributed by atoms with Crippen molar-refractivity contribution in [1.82, 2.24) is 10.2 Å². The standard InChI is InChI=1S/C15H32N2/c1-6-15(7-2)12-17(10-8-9-16-15)11-14(5)13(3)4/h13-14,16H,6-12H2,1-5H3. The first-order chi connectivity index (χ1) is 8.03. The van der Waals surface area contributed by atoms with Gasteiger partial charge in [0.1, 0.15) is 0 Å². The minimum atomic E-state index is 0.368. The lowest BCUT2D eigenvalue weighted by atomic mass is 9.91. The summed E-state index contributed by atoms with van der Waals surface area (Å²) >= 11 is 0. The molecule has 1 aliphatic heterocycles. The van der Waals surface area contributed by atoms with E-state index in [9.17, 15) is 0 Å². The lowest BCUT2D eigenvalue weighted by molar-refractivity contribution is 0.164. The summed E-state index contributed by atoms with van der Waals surface area (Å²) in [4.78, 5) is 2.69. The van der Waals surface area contributed by atoms with E-state index >= 15 is 0 Å². The van der Waals surface area contributed by atoms with Gasteiger partial charge in [0.25, 0.3) is 0 Å². The van der Waals surface area contributed by atoms with Crippen LogP contribution in [0.4, 0.5) is 0 Å². The molecule has 1 aliphatic rings. The predicted molar refractivity (Wildman–Crippen MR) is 76.4 cm³/mol. The van der Waals surface area contributed by atoms with E-state index in [0.29, 0.717) is 5.54 Å². The maximum atomic E-state index is 3.79. The zero-order chi connectivity index (χ0) is 12.9. The van der Waals surface area contributed by atoms with E-state index in [1.54, 1.807) is 0 Å². The van der Waals surface area contributed by atoms with Crippen LogP contribution < -0.4 is 5.32 Å². The minimum Gasteiger partial charge on any atom is -0.310 e. The Morgan fingerprint density at radius 1 is 1.18 bits per heavy atom. The second kappa shape index (κ2) is 6.75. The van der Waals surface area contributed by atoms with Crippen molar-refractivity contribution in [2.24, 2.45) is 11.8 Å². The summed E-state index contributed by atoms with van der Waals surface area (Å²) in [6, 6.07) is 0. The average Bonchev–Trinajstić information content (AvgIpc) is 2.52. The maximum Gasteiger partial charge on any atom is 0.0303 e. The second-order valence-corrected chi connectivity index (χ2v) is 6.22. The van der Waals surface area contributed by atoms with Crippen LogP contribution in [0.5, 0.6) is 0 Å². The molecule has 0 radical (unpaired) electrons. The van der Waals surface area contributed by atoms with Gasteiger partial charge in [-0.1, -0.05) is 34.6 Å². The zero-order valence-electron chi connectivity index (χ0n) is 12.6. The van der Waals surface area contributed by atoms with Gasteiger partial charge in [-0.3, -0.25) is 0 Å². The van der Waals surface area contributed by atoms with Crippen LogP contribution in [0.3, 0.4) is 0 Å². The molecule has 102 valence electrons. The molecular weight excluding hydrogens is 208 g/mol. The van der Waals surface area contributed by atoms with E-state index < -0.39 is 0 Å². The van der Waals surface area contributed by atoms with Crippen molar-refractivity contribution < 1.29 is 0 Å². The summed E-state index contributed by atoms with van der Waals surface area (Å²) in [6.07, 6.45) is 3.79. The van der Waals surface area contributed by atoms with E-state index in [1.165, 1.54) is 45.4 Å². The van der Waals surface area contributed by atoms with Gasteiger partial charge in [-0.15, -0.1) is 0 Å². The Kier molecular flexibility index (Phi) is 5.94. The molecular formula is C15H32N2. The van der Waals surface area contributed by atoms with E-state index in [-0.39, 0.29) is 0 Å². The second-order valence-electron chi connectivity index (χ2n) is 6.22. The summed E-state index contributed by atoms with van der Waals surface area (Å²) in [5, 5.41) is 3.79. The molecule has 2 heteroatoms. The Bertz CT molecular complexity index is 209. The van der Waals surface area contributed by atoms with E-state index in [4.69, 9.17) is 0 Å². The summed E-state index contributed by atoms with van der Waals surface area (Å²) in [6.45, 7) is 16.7. The Balaban J connectivity index is 2.59. The lowest BCUT2D eigenvalue weighted by Crippen LogP contribution is -2.51. The van der Waals surface area contributed by atoms with Crippen LogP contribution >= 0.6 is 0 Å². The number of rotatable bonds is 5. The van der Waals surface area contributed by atoms with Gasteiger partial charge in [-0.25, -0.2) is 0 Å². The molecule has 1 atom stereocenters. The molecule has 1 N–H and O–H groups in total. The molecule has 1 heterocycles. The zero-order valence-corrected chi connectivity index (χ0v) is 12.6. The molecule has 1 rings (SSSR count). The number of hydrogen-bond donors (Lipinski definition) is 1. The third kappa shape index (κ3) is 4.26. The van der Waals surface area contributed by atoms with Gasteiger partial charge in [-0.05, 0) is 44.2 Å². The Morgan fingerprint density at radius 3 is 2.35 bits per heavy atom. The molecule has 1 unspecified atom stereocenters. The summed E-state index contributed by atoms with van der Waals surface area (Å²) in [7, 11) is 0. The highest BCUT2D eigenvalue weighted by molar-refractivity contribution is 4.91. The third-order valence-electron chi connectivity index (χ3n) is 4.72. The quantitative estimate of drug-likeness (QED) is 0.794. The largest absolute Gasteiger partial charge is 0.310 e. The van der Waals surface area contributed by atoms with Crippen molar-refractivity contribution in [1.29, 1.82) is 0 Å². The molecule has 2 nitrogen and oxygen atoms in total. The average molecular weight is 240 g/mol. The topological polar surface area (TPSA) is 15.3 Å². The van der Waals surface area contributed by atoms with E-state index in [2.05, 4.69) is 44.8 Å². The van der Waals surface area contributed by atoms with Gasteiger partial charge < -0.3 is 10.2 Å². The van der Waals surface area contributed by atoms with Crippen molar-refractivity contribution in [3.8, 4) is 0 Å². The number of nitrogens with one attached hydrogen (secondary N) is 1. The van der Waals surface area contributed by atoms with Crippen molar-refractivity contribution in [2.45, 2.75) is 59.4 Å². The monoisotopic (exact) mass is 240 g/mol. The van der Waals surface area contributed by atoms with Crippen LogP contribution in [0.2, 0.25) is 0 Å². The van der Waals surface area contributed by atoms with Crippen LogP contribution in [0.1, 0.15) is 53.9 Å². The fourth-order valence-corrected chi connectivity index (χ4v) is 2.72. The van der Waals surface area contributed by atoms with Crippen LogP contribution in [-0.4, -0.2) is 36.6 Å². The fraction of sp³-hybridized carbons (Fsp3) is 1.00. The highest BCUT2D eigenvalue weighted by atomic mass is 15.2. The Labute approximate surface area is 108 Å². The van der Waals surface area contributed by atoms with Crippen LogP contribution in [-0.2, 0) is 0 Å². The third-order valence-corrected chi connectivity index (χ3v) is 4.72. The highest BCUT2D eigenvalue weighted by Gasteiger charge is 2.30. The van der Waals surface area contributed by atoms with E-state index in [1.807, 2.05) is 0 Å². The Hall–Kier alpha value is -0.0800. The van der Waals surface area contributed by atoms with Gasteiger partial charge in [-0.2, -0.15) is 0 Å².